The fraction of sp³-hybridized carbons (Fsp3) is 0.235. The van der Waals surface area contributed by atoms with Gasteiger partial charge in [-0.05, 0) is 36.1 Å². The first-order valence-corrected chi connectivity index (χ1v) is 7.16. The zero-order valence-electron chi connectivity index (χ0n) is 11.7. The van der Waals surface area contributed by atoms with Gasteiger partial charge in [0.15, 0.2) is 0 Å². The normalized spacial score (nSPS) is 13.1. The van der Waals surface area contributed by atoms with Gasteiger partial charge in [0.05, 0.1) is 5.56 Å². The highest BCUT2D eigenvalue weighted by molar-refractivity contribution is 5.94. The second-order valence-corrected chi connectivity index (χ2v) is 5.19. The third kappa shape index (κ3) is 2.84. The van der Waals surface area contributed by atoms with E-state index in [2.05, 4.69) is 28.8 Å². The number of fused-ring (bicyclic) bond motifs is 1. The largest absolute Gasteiger partial charge is 0.478 e. The number of hydrogen-bond donors (Lipinski definition) is 3. The lowest BCUT2D eigenvalue weighted by Gasteiger charge is -2.21. The molecule has 0 fully saturated rings. The molecular formula is C17H18N2O2. The van der Waals surface area contributed by atoms with Crippen LogP contribution in [0.5, 0.6) is 0 Å². The first-order chi connectivity index (χ1) is 10.3. The van der Waals surface area contributed by atoms with Gasteiger partial charge in [0.2, 0.25) is 0 Å². The summed E-state index contributed by atoms with van der Waals surface area (Å²) < 4.78 is 0. The van der Waals surface area contributed by atoms with E-state index in [0.717, 1.165) is 19.4 Å². The van der Waals surface area contributed by atoms with Crippen molar-refractivity contribution in [1.82, 2.24) is 0 Å². The molecule has 4 nitrogen and oxygen atoms in total. The minimum atomic E-state index is -0.911. The Bertz CT molecular complexity index is 668. The maximum atomic E-state index is 11.2. The fourth-order valence-electron chi connectivity index (χ4n) is 2.74. The van der Waals surface area contributed by atoms with Crippen LogP contribution in [0.2, 0.25) is 0 Å². The summed E-state index contributed by atoms with van der Waals surface area (Å²) in [7, 11) is 0. The number of hydrogen-bond acceptors (Lipinski definition) is 3. The number of carbonyl (C=O) groups is 1. The highest BCUT2D eigenvalue weighted by atomic mass is 16.4. The second-order valence-electron chi connectivity index (χ2n) is 5.19. The molecular weight excluding hydrogens is 264 g/mol. The standard InChI is InChI=1S/C17H18N2O2/c20-17(21)14-8-1-2-9-15(14)19-11-13-6-3-5-12-7-4-10-18-16(12)13/h1-3,5-6,8-9,18-19H,4,7,10-11H2,(H,20,21). The van der Waals surface area contributed by atoms with E-state index in [1.54, 1.807) is 18.2 Å². The number of aryl methyl sites for hydroxylation is 1. The summed E-state index contributed by atoms with van der Waals surface area (Å²) in [6.45, 7) is 1.61. The summed E-state index contributed by atoms with van der Waals surface area (Å²) >= 11 is 0. The molecule has 0 aliphatic carbocycles. The number of nitrogens with one attached hydrogen (secondary N) is 2. The van der Waals surface area contributed by atoms with Gasteiger partial charge in [-0.1, -0.05) is 30.3 Å². The van der Waals surface area contributed by atoms with E-state index in [1.165, 1.54) is 16.8 Å². The summed E-state index contributed by atoms with van der Waals surface area (Å²) in [4.78, 5) is 11.2. The molecule has 3 rings (SSSR count). The van der Waals surface area contributed by atoms with Crippen LogP contribution < -0.4 is 10.6 Å². The highest BCUT2D eigenvalue weighted by Crippen LogP contribution is 2.27. The molecule has 2 aromatic rings. The molecule has 0 spiro atoms. The van der Waals surface area contributed by atoms with Crippen molar-refractivity contribution >= 4 is 17.3 Å². The van der Waals surface area contributed by atoms with Crippen molar-refractivity contribution in [3.05, 3.63) is 59.2 Å². The second kappa shape index (κ2) is 5.87. The molecule has 0 amide bonds. The summed E-state index contributed by atoms with van der Waals surface area (Å²) in [6.07, 6.45) is 2.26. The van der Waals surface area contributed by atoms with Crippen molar-refractivity contribution in [2.24, 2.45) is 0 Å². The van der Waals surface area contributed by atoms with Gasteiger partial charge in [0.1, 0.15) is 0 Å². The number of benzene rings is 2. The molecule has 4 heteroatoms. The fourth-order valence-corrected chi connectivity index (χ4v) is 2.74. The molecule has 21 heavy (non-hydrogen) atoms. The molecule has 0 bridgehead atoms. The molecule has 0 saturated heterocycles. The molecule has 0 unspecified atom stereocenters. The van der Waals surface area contributed by atoms with Crippen LogP contribution in [0.4, 0.5) is 11.4 Å². The van der Waals surface area contributed by atoms with Crippen molar-refractivity contribution in [3.63, 3.8) is 0 Å². The van der Waals surface area contributed by atoms with Crippen LogP contribution in [0.25, 0.3) is 0 Å². The minimum absolute atomic E-state index is 0.301. The number of para-hydroxylation sites is 2. The molecule has 0 radical (unpaired) electrons. The SMILES string of the molecule is O=C(O)c1ccccc1NCc1cccc2c1NCCC2. The predicted octanol–water partition coefficient (Wildman–Crippen LogP) is 3.36. The van der Waals surface area contributed by atoms with Gasteiger partial charge in [0.25, 0.3) is 0 Å². The lowest BCUT2D eigenvalue weighted by Crippen LogP contribution is -2.15. The zero-order valence-corrected chi connectivity index (χ0v) is 11.7. The molecule has 1 aliphatic rings. The summed E-state index contributed by atoms with van der Waals surface area (Å²) in [6, 6.07) is 13.3. The summed E-state index contributed by atoms with van der Waals surface area (Å²) in [5.74, 6) is -0.911. The Morgan fingerprint density at radius 1 is 1.19 bits per heavy atom. The third-order valence-electron chi connectivity index (χ3n) is 3.79. The Hall–Kier alpha value is -2.49. The van der Waals surface area contributed by atoms with Crippen LogP contribution in [0, 0.1) is 0 Å². The number of rotatable bonds is 4. The highest BCUT2D eigenvalue weighted by Gasteiger charge is 2.13. The van der Waals surface area contributed by atoms with Gasteiger partial charge in [-0.2, -0.15) is 0 Å². The van der Waals surface area contributed by atoms with Crippen molar-refractivity contribution in [2.45, 2.75) is 19.4 Å². The maximum Gasteiger partial charge on any atom is 0.337 e. The maximum absolute atomic E-state index is 11.2. The van der Waals surface area contributed by atoms with Crippen LogP contribution in [0.15, 0.2) is 42.5 Å². The van der Waals surface area contributed by atoms with Crippen molar-refractivity contribution in [3.8, 4) is 0 Å². The number of carboxylic acids is 1. The predicted molar refractivity (Wildman–Crippen MR) is 84.0 cm³/mol. The van der Waals surface area contributed by atoms with Crippen LogP contribution >= 0.6 is 0 Å². The lowest BCUT2D eigenvalue weighted by atomic mass is 9.99. The molecule has 0 aromatic heterocycles. The van der Waals surface area contributed by atoms with Gasteiger partial charge in [0, 0.05) is 24.5 Å². The number of anilines is 2. The molecule has 0 saturated carbocycles. The lowest BCUT2D eigenvalue weighted by molar-refractivity contribution is 0.0698. The van der Waals surface area contributed by atoms with E-state index >= 15 is 0 Å². The average Bonchev–Trinajstić information content (AvgIpc) is 2.53. The Balaban J connectivity index is 1.81. The minimum Gasteiger partial charge on any atom is -0.478 e. The van der Waals surface area contributed by atoms with Gasteiger partial charge in [-0.15, -0.1) is 0 Å². The molecule has 2 aromatic carbocycles. The van der Waals surface area contributed by atoms with Gasteiger partial charge in [-0.25, -0.2) is 4.79 Å². The van der Waals surface area contributed by atoms with Crippen LogP contribution in [-0.2, 0) is 13.0 Å². The quantitative estimate of drug-likeness (QED) is 0.804. The summed E-state index contributed by atoms with van der Waals surface area (Å²) in [5, 5.41) is 15.9. The van der Waals surface area contributed by atoms with E-state index in [4.69, 9.17) is 0 Å². The van der Waals surface area contributed by atoms with E-state index < -0.39 is 5.97 Å². The van der Waals surface area contributed by atoms with Gasteiger partial charge >= 0.3 is 5.97 Å². The Morgan fingerprint density at radius 2 is 2.05 bits per heavy atom. The molecule has 1 heterocycles. The van der Waals surface area contributed by atoms with E-state index in [-0.39, 0.29) is 0 Å². The topological polar surface area (TPSA) is 61.4 Å². The Morgan fingerprint density at radius 3 is 2.90 bits per heavy atom. The average molecular weight is 282 g/mol. The molecule has 0 atom stereocenters. The third-order valence-corrected chi connectivity index (χ3v) is 3.79. The number of aromatic carboxylic acids is 1. The van der Waals surface area contributed by atoms with Crippen molar-refractivity contribution < 1.29 is 9.90 Å². The van der Waals surface area contributed by atoms with Crippen molar-refractivity contribution in [1.29, 1.82) is 0 Å². The summed E-state index contributed by atoms with van der Waals surface area (Å²) in [5.41, 5.74) is 4.66. The van der Waals surface area contributed by atoms with E-state index in [9.17, 15) is 9.90 Å². The van der Waals surface area contributed by atoms with Crippen LogP contribution in [0.1, 0.15) is 27.9 Å². The molecule has 3 N–H and O–H groups in total. The van der Waals surface area contributed by atoms with E-state index in [0.29, 0.717) is 17.8 Å². The van der Waals surface area contributed by atoms with Gasteiger partial charge in [-0.3, -0.25) is 0 Å². The van der Waals surface area contributed by atoms with Gasteiger partial charge < -0.3 is 15.7 Å². The first kappa shape index (κ1) is 13.5. The smallest absolute Gasteiger partial charge is 0.337 e. The monoisotopic (exact) mass is 282 g/mol. The molecule has 1 aliphatic heterocycles. The molecule has 108 valence electrons. The van der Waals surface area contributed by atoms with E-state index in [1.807, 2.05) is 6.07 Å². The van der Waals surface area contributed by atoms with Crippen LogP contribution in [-0.4, -0.2) is 17.6 Å². The van der Waals surface area contributed by atoms with Crippen LogP contribution in [0.3, 0.4) is 0 Å². The van der Waals surface area contributed by atoms with Crippen molar-refractivity contribution in [2.75, 3.05) is 17.2 Å². The first-order valence-electron chi connectivity index (χ1n) is 7.16. The number of carboxylic acid groups (broad SMARTS) is 1. The Labute approximate surface area is 123 Å². The Kier molecular flexibility index (Phi) is 3.77. The zero-order chi connectivity index (χ0) is 14.7.